The highest BCUT2D eigenvalue weighted by atomic mass is 35.5. The molecule has 2 aromatic rings. The normalized spacial score (nSPS) is 14.8. The summed E-state index contributed by atoms with van der Waals surface area (Å²) in [6.07, 6.45) is 0. The van der Waals surface area contributed by atoms with Crippen molar-refractivity contribution in [3.05, 3.63) is 63.1 Å². The maximum atomic E-state index is 12.7. The molecule has 0 unspecified atom stereocenters. The summed E-state index contributed by atoms with van der Waals surface area (Å²) >= 11 is 12.2. The van der Waals surface area contributed by atoms with Gasteiger partial charge >= 0.3 is 0 Å². The number of anilines is 1. The summed E-state index contributed by atoms with van der Waals surface area (Å²) in [6.45, 7) is 6.65. The van der Waals surface area contributed by atoms with E-state index in [9.17, 15) is 9.59 Å². The Bertz CT molecular complexity index is 893. The molecule has 3 rings (SSSR count). The number of aryl methyl sites for hydroxylation is 1. The molecule has 2 aromatic carbocycles. The van der Waals surface area contributed by atoms with E-state index in [1.165, 1.54) is 0 Å². The average Bonchev–Trinajstić information content (AvgIpc) is 2.68. The number of rotatable bonds is 4. The molecule has 1 aliphatic heterocycles. The van der Waals surface area contributed by atoms with Gasteiger partial charge in [-0.05, 0) is 43.2 Å². The van der Waals surface area contributed by atoms with E-state index < -0.39 is 0 Å². The number of halogens is 2. The Kier molecular flexibility index (Phi) is 6.60. The fourth-order valence-corrected chi connectivity index (χ4v) is 3.61. The summed E-state index contributed by atoms with van der Waals surface area (Å²) in [5.74, 6) is -0.182. The smallest absolute Gasteiger partial charge is 0.255 e. The predicted molar refractivity (Wildman–Crippen MR) is 113 cm³/mol. The zero-order chi connectivity index (χ0) is 20.3. The van der Waals surface area contributed by atoms with E-state index in [2.05, 4.69) is 5.32 Å². The second-order valence-electron chi connectivity index (χ2n) is 6.97. The molecule has 28 heavy (non-hydrogen) atoms. The van der Waals surface area contributed by atoms with Gasteiger partial charge in [-0.1, -0.05) is 41.4 Å². The number of benzene rings is 2. The standard InChI is InChI=1S/C21H23Cl2N3O2/c1-14-5-3-8-18(15(14)2)24-19(27)13-25-9-11-26(12-10-25)21(28)16-6-4-7-17(22)20(16)23/h3-8H,9-13H2,1-2H3,(H,24,27). The van der Waals surface area contributed by atoms with Crippen molar-refractivity contribution in [3.8, 4) is 0 Å². The molecule has 0 radical (unpaired) electrons. The molecule has 2 amide bonds. The van der Waals surface area contributed by atoms with Crippen LogP contribution in [0.3, 0.4) is 0 Å². The first-order chi connectivity index (χ1) is 13.4. The largest absolute Gasteiger partial charge is 0.336 e. The molecular weight excluding hydrogens is 397 g/mol. The minimum Gasteiger partial charge on any atom is -0.336 e. The van der Waals surface area contributed by atoms with Crippen molar-refractivity contribution in [1.82, 2.24) is 9.80 Å². The highest BCUT2D eigenvalue weighted by Crippen LogP contribution is 2.26. The van der Waals surface area contributed by atoms with Crippen LogP contribution >= 0.6 is 23.2 Å². The molecule has 1 N–H and O–H groups in total. The van der Waals surface area contributed by atoms with Crippen LogP contribution in [-0.2, 0) is 4.79 Å². The number of carbonyl (C=O) groups excluding carboxylic acids is 2. The second-order valence-corrected chi connectivity index (χ2v) is 7.75. The van der Waals surface area contributed by atoms with E-state index >= 15 is 0 Å². The SMILES string of the molecule is Cc1cccc(NC(=O)CN2CCN(C(=O)c3cccc(Cl)c3Cl)CC2)c1C. The van der Waals surface area contributed by atoms with Gasteiger partial charge in [-0.2, -0.15) is 0 Å². The molecule has 5 nitrogen and oxygen atoms in total. The lowest BCUT2D eigenvalue weighted by molar-refractivity contribution is -0.117. The van der Waals surface area contributed by atoms with Crippen molar-refractivity contribution in [2.75, 3.05) is 38.0 Å². The van der Waals surface area contributed by atoms with E-state index in [0.29, 0.717) is 43.3 Å². The minimum atomic E-state index is -0.132. The molecule has 0 spiro atoms. The summed E-state index contributed by atoms with van der Waals surface area (Å²) in [5.41, 5.74) is 3.47. The predicted octanol–water partition coefficient (Wildman–Crippen LogP) is 4.01. The number of piperazine rings is 1. The summed E-state index contributed by atoms with van der Waals surface area (Å²) in [5, 5.41) is 3.63. The van der Waals surface area contributed by atoms with Gasteiger partial charge in [0.25, 0.3) is 5.91 Å². The van der Waals surface area contributed by atoms with Gasteiger partial charge in [0.2, 0.25) is 5.91 Å². The van der Waals surface area contributed by atoms with Gasteiger partial charge < -0.3 is 10.2 Å². The van der Waals surface area contributed by atoms with Gasteiger partial charge in [0.05, 0.1) is 22.2 Å². The van der Waals surface area contributed by atoms with Gasteiger partial charge in [-0.3, -0.25) is 14.5 Å². The maximum absolute atomic E-state index is 12.7. The third kappa shape index (κ3) is 4.66. The molecule has 0 atom stereocenters. The Hall–Kier alpha value is -2.08. The van der Waals surface area contributed by atoms with Crippen LogP contribution in [0.15, 0.2) is 36.4 Å². The van der Waals surface area contributed by atoms with Crippen LogP contribution in [0.25, 0.3) is 0 Å². The number of hydrogen-bond acceptors (Lipinski definition) is 3. The topological polar surface area (TPSA) is 52.7 Å². The molecule has 0 aliphatic carbocycles. The molecule has 1 fully saturated rings. The Labute approximate surface area is 175 Å². The molecule has 7 heteroatoms. The van der Waals surface area contributed by atoms with Gasteiger partial charge in [-0.15, -0.1) is 0 Å². The highest BCUT2D eigenvalue weighted by molar-refractivity contribution is 6.43. The second kappa shape index (κ2) is 8.95. The van der Waals surface area contributed by atoms with Crippen LogP contribution in [0.2, 0.25) is 10.0 Å². The third-order valence-electron chi connectivity index (χ3n) is 5.09. The van der Waals surface area contributed by atoms with Gasteiger partial charge in [0.1, 0.15) is 0 Å². The summed E-state index contributed by atoms with van der Waals surface area (Å²) in [4.78, 5) is 28.9. The van der Waals surface area contributed by atoms with Crippen LogP contribution in [-0.4, -0.2) is 54.3 Å². The van der Waals surface area contributed by atoms with Crippen molar-refractivity contribution in [1.29, 1.82) is 0 Å². The van der Waals surface area contributed by atoms with Gasteiger partial charge in [0, 0.05) is 31.9 Å². The lowest BCUT2D eigenvalue weighted by Crippen LogP contribution is -2.50. The van der Waals surface area contributed by atoms with Crippen molar-refractivity contribution in [2.45, 2.75) is 13.8 Å². The average molecular weight is 420 g/mol. The maximum Gasteiger partial charge on any atom is 0.255 e. The fraction of sp³-hybridized carbons (Fsp3) is 0.333. The first kappa shape index (κ1) is 20.6. The lowest BCUT2D eigenvalue weighted by atomic mass is 10.1. The van der Waals surface area contributed by atoms with Gasteiger partial charge in [-0.25, -0.2) is 0 Å². The van der Waals surface area contributed by atoms with Crippen LogP contribution < -0.4 is 5.32 Å². The number of hydrogen-bond donors (Lipinski definition) is 1. The summed E-state index contributed by atoms with van der Waals surface area (Å²) < 4.78 is 0. The Balaban J connectivity index is 1.54. The van der Waals surface area contributed by atoms with Crippen molar-refractivity contribution < 1.29 is 9.59 Å². The molecule has 1 heterocycles. The monoisotopic (exact) mass is 419 g/mol. The van der Waals surface area contributed by atoms with E-state index in [1.807, 2.05) is 36.9 Å². The first-order valence-electron chi connectivity index (χ1n) is 9.18. The minimum absolute atomic E-state index is 0.0497. The number of nitrogens with zero attached hydrogens (tertiary/aromatic N) is 2. The zero-order valence-corrected chi connectivity index (χ0v) is 17.5. The fourth-order valence-electron chi connectivity index (χ4n) is 3.23. The molecule has 0 bridgehead atoms. The number of nitrogens with one attached hydrogen (secondary N) is 1. The number of amides is 2. The van der Waals surface area contributed by atoms with Crippen LogP contribution in [0.1, 0.15) is 21.5 Å². The van der Waals surface area contributed by atoms with E-state index in [1.54, 1.807) is 23.1 Å². The van der Waals surface area contributed by atoms with E-state index in [4.69, 9.17) is 23.2 Å². The Morgan fingerprint density at radius 3 is 2.39 bits per heavy atom. The Morgan fingerprint density at radius 1 is 1.00 bits per heavy atom. The quantitative estimate of drug-likeness (QED) is 0.814. The highest BCUT2D eigenvalue weighted by Gasteiger charge is 2.25. The summed E-state index contributed by atoms with van der Waals surface area (Å²) in [6, 6.07) is 10.9. The molecule has 1 saturated heterocycles. The molecular formula is C21H23Cl2N3O2. The van der Waals surface area contributed by atoms with Crippen LogP contribution in [0.4, 0.5) is 5.69 Å². The van der Waals surface area contributed by atoms with Crippen LogP contribution in [0, 0.1) is 13.8 Å². The lowest BCUT2D eigenvalue weighted by Gasteiger charge is -2.34. The van der Waals surface area contributed by atoms with E-state index in [0.717, 1.165) is 16.8 Å². The van der Waals surface area contributed by atoms with E-state index in [-0.39, 0.29) is 16.8 Å². The number of carbonyl (C=O) groups is 2. The third-order valence-corrected chi connectivity index (χ3v) is 5.91. The summed E-state index contributed by atoms with van der Waals surface area (Å²) in [7, 11) is 0. The first-order valence-corrected chi connectivity index (χ1v) is 9.94. The molecule has 0 aromatic heterocycles. The molecule has 1 aliphatic rings. The van der Waals surface area contributed by atoms with Crippen molar-refractivity contribution in [2.24, 2.45) is 0 Å². The van der Waals surface area contributed by atoms with Crippen LogP contribution in [0.5, 0.6) is 0 Å². The molecule has 0 saturated carbocycles. The Morgan fingerprint density at radius 2 is 1.68 bits per heavy atom. The van der Waals surface area contributed by atoms with Crippen molar-refractivity contribution >= 4 is 40.7 Å². The zero-order valence-electron chi connectivity index (χ0n) is 16.0. The van der Waals surface area contributed by atoms with Gasteiger partial charge in [0.15, 0.2) is 0 Å². The van der Waals surface area contributed by atoms with Crippen molar-refractivity contribution in [3.63, 3.8) is 0 Å². The molecule has 148 valence electrons.